The van der Waals surface area contributed by atoms with Crippen LogP contribution in [0.2, 0.25) is 0 Å². The average Bonchev–Trinajstić information content (AvgIpc) is 2.92. The van der Waals surface area contributed by atoms with Gasteiger partial charge in [0.1, 0.15) is 0 Å². The lowest BCUT2D eigenvalue weighted by molar-refractivity contribution is 0.0367. The monoisotopic (exact) mass is 272 g/mol. The molecule has 0 bridgehead atoms. The molecule has 108 valence electrons. The van der Waals surface area contributed by atoms with Crippen LogP contribution in [-0.4, -0.2) is 36.0 Å². The van der Waals surface area contributed by atoms with E-state index in [0.717, 1.165) is 12.8 Å². The molecule has 1 N–H and O–H groups in total. The summed E-state index contributed by atoms with van der Waals surface area (Å²) in [4.78, 5) is 13.8. The van der Waals surface area contributed by atoms with E-state index in [-0.39, 0.29) is 12.5 Å². The first-order valence-electron chi connectivity index (χ1n) is 7.46. The second-order valence-corrected chi connectivity index (χ2v) is 6.43. The van der Waals surface area contributed by atoms with Crippen molar-refractivity contribution >= 4 is 6.03 Å². The lowest BCUT2D eigenvalue weighted by Gasteiger charge is -2.34. The fraction of sp³-hybridized carbons (Fsp3) is 0.929. The number of alkyl halides is 2. The molecule has 0 aromatic rings. The minimum absolute atomic E-state index is 0.0259. The SMILES string of the molecule is O=C(NC1CCCCC1)N1CCC2(CC1)CC2(F)F. The number of rotatable bonds is 1. The van der Waals surface area contributed by atoms with Crippen molar-refractivity contribution in [3.05, 3.63) is 0 Å². The van der Waals surface area contributed by atoms with Crippen molar-refractivity contribution in [3.63, 3.8) is 0 Å². The molecule has 1 heterocycles. The van der Waals surface area contributed by atoms with Crippen LogP contribution in [0.5, 0.6) is 0 Å². The maximum atomic E-state index is 13.3. The van der Waals surface area contributed by atoms with E-state index < -0.39 is 11.3 Å². The van der Waals surface area contributed by atoms with Crippen molar-refractivity contribution in [2.24, 2.45) is 5.41 Å². The van der Waals surface area contributed by atoms with Gasteiger partial charge in [0.25, 0.3) is 5.92 Å². The van der Waals surface area contributed by atoms with E-state index in [2.05, 4.69) is 5.32 Å². The summed E-state index contributed by atoms with van der Waals surface area (Å²) >= 11 is 0. The van der Waals surface area contributed by atoms with Crippen LogP contribution in [-0.2, 0) is 0 Å². The van der Waals surface area contributed by atoms with Gasteiger partial charge in [-0.1, -0.05) is 19.3 Å². The first kappa shape index (κ1) is 13.1. The number of likely N-dealkylation sites (tertiary alicyclic amines) is 1. The smallest absolute Gasteiger partial charge is 0.317 e. The first-order valence-corrected chi connectivity index (χ1v) is 7.46. The van der Waals surface area contributed by atoms with Crippen molar-refractivity contribution in [3.8, 4) is 0 Å². The molecule has 0 aromatic heterocycles. The molecule has 1 spiro atoms. The van der Waals surface area contributed by atoms with E-state index in [4.69, 9.17) is 0 Å². The number of nitrogens with zero attached hydrogens (tertiary/aromatic N) is 1. The third-order valence-electron chi connectivity index (χ3n) is 5.15. The van der Waals surface area contributed by atoms with Gasteiger partial charge >= 0.3 is 6.03 Å². The van der Waals surface area contributed by atoms with Crippen LogP contribution in [0.1, 0.15) is 51.4 Å². The van der Waals surface area contributed by atoms with Crippen molar-refractivity contribution in [1.82, 2.24) is 10.2 Å². The predicted octanol–water partition coefficient (Wildman–Crippen LogP) is 3.15. The Balaban J connectivity index is 1.47. The van der Waals surface area contributed by atoms with Crippen LogP contribution < -0.4 is 5.32 Å². The average molecular weight is 272 g/mol. The number of amides is 2. The van der Waals surface area contributed by atoms with Gasteiger partial charge in [0.05, 0.1) is 0 Å². The number of piperidine rings is 1. The Bertz CT molecular complexity index is 358. The summed E-state index contributed by atoms with van der Waals surface area (Å²) in [5.41, 5.74) is -0.769. The van der Waals surface area contributed by atoms with E-state index in [1.165, 1.54) is 19.3 Å². The van der Waals surface area contributed by atoms with Crippen LogP contribution in [0.25, 0.3) is 0 Å². The number of carbonyl (C=O) groups excluding carboxylic acids is 1. The molecule has 1 saturated heterocycles. The largest absolute Gasteiger partial charge is 0.335 e. The van der Waals surface area contributed by atoms with Crippen LogP contribution in [0, 0.1) is 5.41 Å². The molecule has 3 aliphatic rings. The van der Waals surface area contributed by atoms with Gasteiger partial charge in [0.15, 0.2) is 0 Å². The molecule has 3 rings (SSSR count). The predicted molar refractivity (Wildman–Crippen MR) is 68.2 cm³/mol. The van der Waals surface area contributed by atoms with Gasteiger partial charge in [-0.2, -0.15) is 0 Å². The highest BCUT2D eigenvalue weighted by Crippen LogP contribution is 2.65. The summed E-state index contributed by atoms with van der Waals surface area (Å²) in [7, 11) is 0. The van der Waals surface area contributed by atoms with E-state index in [9.17, 15) is 13.6 Å². The van der Waals surface area contributed by atoms with Crippen molar-refractivity contribution < 1.29 is 13.6 Å². The Morgan fingerprint density at radius 2 is 1.68 bits per heavy atom. The molecular formula is C14H22F2N2O. The van der Waals surface area contributed by atoms with E-state index in [1.807, 2.05) is 0 Å². The Labute approximate surface area is 112 Å². The number of carbonyl (C=O) groups is 1. The third-order valence-corrected chi connectivity index (χ3v) is 5.15. The molecule has 0 aromatic carbocycles. The maximum absolute atomic E-state index is 13.3. The summed E-state index contributed by atoms with van der Waals surface area (Å²) in [6.07, 6.45) is 6.67. The fourth-order valence-corrected chi connectivity index (χ4v) is 3.57. The number of halogens is 2. The molecule has 2 amide bonds. The molecule has 5 heteroatoms. The molecule has 0 unspecified atom stereocenters. The number of urea groups is 1. The van der Waals surface area contributed by atoms with Gasteiger partial charge in [-0.15, -0.1) is 0 Å². The van der Waals surface area contributed by atoms with Crippen molar-refractivity contribution in [1.29, 1.82) is 0 Å². The number of nitrogens with one attached hydrogen (secondary N) is 1. The molecule has 2 aliphatic carbocycles. The second kappa shape index (κ2) is 4.60. The zero-order valence-corrected chi connectivity index (χ0v) is 11.3. The highest BCUT2D eigenvalue weighted by Gasteiger charge is 2.70. The zero-order chi connectivity index (χ0) is 13.5. The molecule has 1 aliphatic heterocycles. The topological polar surface area (TPSA) is 32.3 Å². The fourth-order valence-electron chi connectivity index (χ4n) is 3.57. The second-order valence-electron chi connectivity index (χ2n) is 6.43. The Kier molecular flexibility index (Phi) is 3.18. The van der Waals surface area contributed by atoms with Crippen molar-refractivity contribution in [2.75, 3.05) is 13.1 Å². The highest BCUT2D eigenvalue weighted by molar-refractivity contribution is 5.74. The molecule has 2 saturated carbocycles. The highest BCUT2D eigenvalue weighted by atomic mass is 19.3. The Morgan fingerprint density at radius 3 is 2.21 bits per heavy atom. The number of hydrogen-bond donors (Lipinski definition) is 1. The van der Waals surface area contributed by atoms with Crippen LogP contribution in [0.4, 0.5) is 13.6 Å². The maximum Gasteiger partial charge on any atom is 0.317 e. The minimum atomic E-state index is -2.47. The lowest BCUT2D eigenvalue weighted by Crippen LogP contribution is -2.49. The molecular weight excluding hydrogens is 250 g/mol. The van der Waals surface area contributed by atoms with Gasteiger partial charge in [-0.25, -0.2) is 13.6 Å². The van der Waals surface area contributed by atoms with Crippen LogP contribution in [0.15, 0.2) is 0 Å². The molecule has 0 radical (unpaired) electrons. The molecule has 3 nitrogen and oxygen atoms in total. The van der Waals surface area contributed by atoms with Crippen molar-refractivity contribution in [2.45, 2.75) is 63.3 Å². The number of hydrogen-bond acceptors (Lipinski definition) is 1. The van der Waals surface area contributed by atoms with E-state index in [1.54, 1.807) is 4.90 Å². The summed E-state index contributed by atoms with van der Waals surface area (Å²) in [6.45, 7) is 0.961. The summed E-state index contributed by atoms with van der Waals surface area (Å²) in [5, 5.41) is 3.06. The Morgan fingerprint density at radius 1 is 1.11 bits per heavy atom. The lowest BCUT2D eigenvalue weighted by atomic mass is 9.93. The standard InChI is InChI=1S/C14H22F2N2O/c15-14(16)10-13(14)6-8-18(9-7-13)12(19)17-11-4-2-1-3-5-11/h11H,1-10H2,(H,17,19). The zero-order valence-electron chi connectivity index (χ0n) is 11.3. The first-order chi connectivity index (χ1) is 9.02. The summed E-state index contributed by atoms with van der Waals surface area (Å²) < 4.78 is 26.5. The third kappa shape index (κ3) is 2.43. The van der Waals surface area contributed by atoms with Crippen LogP contribution >= 0.6 is 0 Å². The van der Waals surface area contributed by atoms with Gasteiger partial charge in [-0.3, -0.25) is 0 Å². The van der Waals surface area contributed by atoms with Gasteiger partial charge < -0.3 is 10.2 Å². The Hall–Kier alpha value is -0.870. The van der Waals surface area contributed by atoms with E-state index in [0.29, 0.717) is 32.0 Å². The quantitative estimate of drug-likeness (QED) is 0.781. The summed E-state index contributed by atoms with van der Waals surface area (Å²) in [5.74, 6) is -2.47. The molecule has 0 atom stereocenters. The molecule has 3 fully saturated rings. The molecule has 19 heavy (non-hydrogen) atoms. The summed E-state index contributed by atoms with van der Waals surface area (Å²) in [6, 6.07) is 0.241. The van der Waals surface area contributed by atoms with Gasteiger partial charge in [0, 0.05) is 31.0 Å². The minimum Gasteiger partial charge on any atom is -0.335 e. The van der Waals surface area contributed by atoms with Gasteiger partial charge in [-0.05, 0) is 25.7 Å². The normalized spacial score (nSPS) is 29.3. The van der Waals surface area contributed by atoms with Gasteiger partial charge in [0.2, 0.25) is 0 Å². The van der Waals surface area contributed by atoms with E-state index >= 15 is 0 Å². The van der Waals surface area contributed by atoms with Crippen LogP contribution in [0.3, 0.4) is 0 Å².